The summed E-state index contributed by atoms with van der Waals surface area (Å²) in [6.07, 6.45) is 0.732. The van der Waals surface area contributed by atoms with Crippen molar-refractivity contribution in [3.8, 4) is 0 Å². The summed E-state index contributed by atoms with van der Waals surface area (Å²) in [5.74, 6) is 0. The van der Waals surface area contributed by atoms with Crippen molar-refractivity contribution in [3.63, 3.8) is 0 Å². The third-order valence-corrected chi connectivity index (χ3v) is 2.25. The quantitative estimate of drug-likeness (QED) is 0.694. The van der Waals surface area contributed by atoms with E-state index in [2.05, 4.69) is 5.32 Å². The van der Waals surface area contributed by atoms with E-state index in [1.165, 1.54) is 0 Å². The fraction of sp³-hybridized carbons (Fsp3) is 0.889. The van der Waals surface area contributed by atoms with Crippen LogP contribution in [0, 0.1) is 0 Å². The maximum Gasteiger partial charge on any atom is 0.410 e. The van der Waals surface area contributed by atoms with Crippen LogP contribution in [-0.4, -0.2) is 43.3 Å². The van der Waals surface area contributed by atoms with Gasteiger partial charge in [-0.25, -0.2) is 4.79 Å². The van der Waals surface area contributed by atoms with Crippen molar-refractivity contribution in [1.29, 1.82) is 0 Å². The molecular weight excluding hydrogens is 168 g/mol. The van der Waals surface area contributed by atoms with Gasteiger partial charge >= 0.3 is 6.09 Å². The molecule has 1 rings (SSSR count). The lowest BCUT2D eigenvalue weighted by molar-refractivity contribution is 0.0651. The summed E-state index contributed by atoms with van der Waals surface area (Å²) < 4.78 is 5.20. The third kappa shape index (κ3) is 3.22. The second kappa shape index (κ2) is 5.07. The van der Waals surface area contributed by atoms with Crippen molar-refractivity contribution in [2.24, 2.45) is 0 Å². The SMILES string of the molecule is CCC(C)OC(=O)N1CCNCC1. The van der Waals surface area contributed by atoms with Crippen LogP contribution in [0.4, 0.5) is 4.79 Å². The topological polar surface area (TPSA) is 41.6 Å². The lowest BCUT2D eigenvalue weighted by atomic mass is 10.3. The number of hydrogen-bond donors (Lipinski definition) is 1. The number of piperazine rings is 1. The summed E-state index contributed by atoms with van der Waals surface area (Å²) in [6.45, 7) is 7.19. The van der Waals surface area contributed by atoms with E-state index in [1.54, 1.807) is 4.90 Å². The van der Waals surface area contributed by atoms with Gasteiger partial charge < -0.3 is 15.0 Å². The normalized spacial score (nSPS) is 19.7. The van der Waals surface area contributed by atoms with Crippen molar-refractivity contribution >= 4 is 6.09 Å². The van der Waals surface area contributed by atoms with Crippen LogP contribution in [0.1, 0.15) is 20.3 Å². The Bertz CT molecular complexity index is 167. The van der Waals surface area contributed by atoms with Crippen LogP contribution in [0.25, 0.3) is 0 Å². The Labute approximate surface area is 79.2 Å². The van der Waals surface area contributed by atoms with E-state index >= 15 is 0 Å². The van der Waals surface area contributed by atoms with Crippen LogP contribution in [0.5, 0.6) is 0 Å². The second-order valence-corrected chi connectivity index (χ2v) is 3.34. The number of amides is 1. The Morgan fingerprint density at radius 1 is 1.54 bits per heavy atom. The van der Waals surface area contributed by atoms with E-state index in [9.17, 15) is 4.79 Å². The second-order valence-electron chi connectivity index (χ2n) is 3.34. The monoisotopic (exact) mass is 186 g/mol. The molecule has 76 valence electrons. The van der Waals surface area contributed by atoms with E-state index in [4.69, 9.17) is 4.74 Å². The number of carbonyl (C=O) groups is 1. The first-order valence-corrected chi connectivity index (χ1v) is 4.90. The Kier molecular flexibility index (Phi) is 4.02. The lowest BCUT2D eigenvalue weighted by Crippen LogP contribution is -2.47. The number of ether oxygens (including phenoxy) is 1. The van der Waals surface area contributed by atoms with Gasteiger partial charge in [-0.15, -0.1) is 0 Å². The molecule has 0 aromatic heterocycles. The molecule has 1 N–H and O–H groups in total. The molecule has 1 atom stereocenters. The smallest absolute Gasteiger partial charge is 0.410 e. The molecule has 1 saturated heterocycles. The summed E-state index contributed by atoms with van der Waals surface area (Å²) in [5, 5.41) is 3.19. The number of hydrogen-bond acceptors (Lipinski definition) is 3. The Morgan fingerprint density at radius 2 is 2.15 bits per heavy atom. The van der Waals surface area contributed by atoms with E-state index in [0.29, 0.717) is 0 Å². The summed E-state index contributed by atoms with van der Waals surface area (Å²) in [6, 6.07) is 0. The molecule has 1 heterocycles. The van der Waals surface area contributed by atoms with Gasteiger partial charge in [-0.05, 0) is 13.3 Å². The summed E-state index contributed by atoms with van der Waals surface area (Å²) >= 11 is 0. The Morgan fingerprint density at radius 3 is 2.69 bits per heavy atom. The highest BCUT2D eigenvalue weighted by Gasteiger charge is 2.18. The molecule has 0 aliphatic carbocycles. The zero-order valence-electron chi connectivity index (χ0n) is 8.38. The first-order valence-electron chi connectivity index (χ1n) is 4.90. The third-order valence-electron chi connectivity index (χ3n) is 2.25. The van der Waals surface area contributed by atoms with E-state index in [1.807, 2.05) is 13.8 Å². The fourth-order valence-corrected chi connectivity index (χ4v) is 1.18. The van der Waals surface area contributed by atoms with E-state index < -0.39 is 0 Å². The van der Waals surface area contributed by atoms with E-state index in [0.717, 1.165) is 32.6 Å². The van der Waals surface area contributed by atoms with Crippen LogP contribution in [0.2, 0.25) is 0 Å². The zero-order chi connectivity index (χ0) is 9.68. The van der Waals surface area contributed by atoms with Gasteiger partial charge in [0.15, 0.2) is 0 Å². The summed E-state index contributed by atoms with van der Waals surface area (Å²) in [4.78, 5) is 13.2. The molecule has 1 amide bonds. The summed E-state index contributed by atoms with van der Waals surface area (Å²) in [5.41, 5.74) is 0. The standard InChI is InChI=1S/C9H18N2O2/c1-3-8(2)13-9(12)11-6-4-10-5-7-11/h8,10H,3-7H2,1-2H3. The van der Waals surface area contributed by atoms with Gasteiger partial charge in [-0.2, -0.15) is 0 Å². The highest BCUT2D eigenvalue weighted by molar-refractivity contribution is 5.67. The van der Waals surface area contributed by atoms with Gasteiger partial charge in [-0.3, -0.25) is 0 Å². The molecular formula is C9H18N2O2. The number of carbonyl (C=O) groups excluding carboxylic acids is 1. The average molecular weight is 186 g/mol. The van der Waals surface area contributed by atoms with Crippen molar-refractivity contribution in [2.45, 2.75) is 26.4 Å². The minimum Gasteiger partial charge on any atom is -0.446 e. The van der Waals surface area contributed by atoms with Gasteiger partial charge in [0.05, 0.1) is 0 Å². The van der Waals surface area contributed by atoms with Crippen LogP contribution in [-0.2, 0) is 4.74 Å². The Hall–Kier alpha value is -0.770. The van der Waals surface area contributed by atoms with Crippen LogP contribution in [0.3, 0.4) is 0 Å². The molecule has 0 aromatic rings. The first kappa shape index (κ1) is 10.3. The van der Waals surface area contributed by atoms with Gasteiger partial charge in [0, 0.05) is 26.2 Å². The summed E-state index contributed by atoms with van der Waals surface area (Å²) in [7, 11) is 0. The minimum absolute atomic E-state index is 0.0300. The molecule has 13 heavy (non-hydrogen) atoms. The van der Waals surface area contributed by atoms with Gasteiger partial charge in [-0.1, -0.05) is 6.92 Å². The zero-order valence-corrected chi connectivity index (χ0v) is 8.38. The number of nitrogens with zero attached hydrogens (tertiary/aromatic N) is 1. The molecule has 4 nitrogen and oxygen atoms in total. The van der Waals surface area contributed by atoms with Gasteiger partial charge in [0.1, 0.15) is 6.10 Å². The first-order chi connectivity index (χ1) is 6.24. The molecule has 0 bridgehead atoms. The maximum atomic E-state index is 11.4. The maximum absolute atomic E-state index is 11.4. The van der Waals surface area contributed by atoms with Crippen molar-refractivity contribution in [1.82, 2.24) is 10.2 Å². The predicted molar refractivity (Wildman–Crippen MR) is 50.7 cm³/mol. The molecule has 0 aromatic carbocycles. The largest absolute Gasteiger partial charge is 0.446 e. The van der Waals surface area contributed by atoms with Crippen LogP contribution in [0.15, 0.2) is 0 Å². The van der Waals surface area contributed by atoms with Crippen molar-refractivity contribution < 1.29 is 9.53 Å². The highest BCUT2D eigenvalue weighted by atomic mass is 16.6. The minimum atomic E-state index is -0.171. The van der Waals surface area contributed by atoms with Gasteiger partial charge in [0.2, 0.25) is 0 Å². The molecule has 1 aliphatic rings. The average Bonchev–Trinajstić information content (AvgIpc) is 2.19. The molecule has 0 saturated carbocycles. The number of rotatable bonds is 2. The highest BCUT2D eigenvalue weighted by Crippen LogP contribution is 2.02. The van der Waals surface area contributed by atoms with Gasteiger partial charge in [0.25, 0.3) is 0 Å². The number of nitrogens with one attached hydrogen (secondary N) is 1. The van der Waals surface area contributed by atoms with Crippen LogP contribution < -0.4 is 5.32 Å². The van der Waals surface area contributed by atoms with Crippen molar-refractivity contribution in [2.75, 3.05) is 26.2 Å². The molecule has 0 radical (unpaired) electrons. The molecule has 0 spiro atoms. The van der Waals surface area contributed by atoms with Crippen molar-refractivity contribution in [3.05, 3.63) is 0 Å². The van der Waals surface area contributed by atoms with Crippen LogP contribution >= 0.6 is 0 Å². The Balaban J connectivity index is 2.29. The molecule has 4 heteroatoms. The molecule has 1 fully saturated rings. The molecule has 1 unspecified atom stereocenters. The lowest BCUT2D eigenvalue weighted by Gasteiger charge is -2.27. The van der Waals surface area contributed by atoms with E-state index in [-0.39, 0.29) is 12.2 Å². The molecule has 1 aliphatic heterocycles. The fourth-order valence-electron chi connectivity index (χ4n) is 1.18. The predicted octanol–water partition coefficient (Wildman–Crippen LogP) is 0.827.